The van der Waals surface area contributed by atoms with Crippen molar-refractivity contribution in [1.82, 2.24) is 15.0 Å². The average molecular weight is 621 g/mol. The Labute approximate surface area is 282 Å². The van der Waals surface area contributed by atoms with E-state index in [9.17, 15) is 5.26 Å². The first kappa shape index (κ1) is 28.8. The predicted molar refractivity (Wildman–Crippen MR) is 192 cm³/mol. The molecule has 0 radical (unpaired) electrons. The van der Waals surface area contributed by atoms with Gasteiger partial charge >= 0.3 is 0 Å². The van der Waals surface area contributed by atoms with Crippen molar-refractivity contribution in [2.45, 2.75) is 44.4 Å². The van der Waals surface area contributed by atoms with E-state index in [0.717, 1.165) is 39.7 Å². The molecule has 9 rings (SSSR count). The number of hydrogen-bond donors (Lipinski definition) is 0. The molecule has 0 amide bonds. The molecule has 4 atom stereocenters. The Morgan fingerprint density at radius 3 is 1.65 bits per heavy atom. The third-order valence-corrected chi connectivity index (χ3v) is 11.8. The van der Waals surface area contributed by atoms with Gasteiger partial charge in [0.05, 0.1) is 11.6 Å². The molecule has 0 aliphatic heterocycles. The summed E-state index contributed by atoms with van der Waals surface area (Å²) in [7, 11) is 0. The molecule has 3 aliphatic carbocycles. The van der Waals surface area contributed by atoms with Crippen LogP contribution in [0.1, 0.15) is 50.2 Å². The Morgan fingerprint density at radius 1 is 0.562 bits per heavy atom. The van der Waals surface area contributed by atoms with E-state index < -0.39 is 0 Å². The number of aromatic nitrogens is 3. The lowest BCUT2D eigenvalue weighted by Crippen LogP contribution is -2.26. The van der Waals surface area contributed by atoms with Crippen LogP contribution in [-0.2, 0) is 5.41 Å². The van der Waals surface area contributed by atoms with Gasteiger partial charge in [-0.25, -0.2) is 15.0 Å². The predicted octanol–water partition coefficient (Wildman–Crippen LogP) is 10.5. The van der Waals surface area contributed by atoms with Gasteiger partial charge in [-0.3, -0.25) is 0 Å². The van der Waals surface area contributed by atoms with E-state index >= 15 is 0 Å². The Morgan fingerprint density at radius 2 is 1.06 bits per heavy atom. The molecular formula is C44H36N4. The van der Waals surface area contributed by atoms with Crippen molar-refractivity contribution in [2.24, 2.45) is 17.3 Å². The smallest absolute Gasteiger partial charge is 0.164 e. The zero-order valence-corrected chi connectivity index (χ0v) is 27.1. The summed E-state index contributed by atoms with van der Waals surface area (Å²) < 4.78 is 0. The van der Waals surface area contributed by atoms with Gasteiger partial charge in [-0.2, -0.15) is 5.26 Å². The molecule has 3 saturated carbocycles. The summed E-state index contributed by atoms with van der Waals surface area (Å²) in [6.07, 6.45) is 6.95. The van der Waals surface area contributed by atoms with Gasteiger partial charge in [0.2, 0.25) is 0 Å². The fraction of sp³-hybridized carbons (Fsp3) is 0.227. The zero-order chi connectivity index (χ0) is 32.3. The molecule has 3 aliphatic rings. The molecule has 48 heavy (non-hydrogen) atoms. The van der Waals surface area contributed by atoms with E-state index in [-0.39, 0.29) is 0 Å². The minimum atomic E-state index is 0.368. The molecule has 4 heteroatoms. The lowest BCUT2D eigenvalue weighted by molar-refractivity contribution is 0.195. The van der Waals surface area contributed by atoms with Gasteiger partial charge in [0.25, 0.3) is 0 Å². The number of benzene rings is 5. The van der Waals surface area contributed by atoms with E-state index in [0.29, 0.717) is 33.9 Å². The summed E-state index contributed by atoms with van der Waals surface area (Å²) >= 11 is 0. The second-order valence-corrected chi connectivity index (χ2v) is 14.4. The van der Waals surface area contributed by atoms with Crippen molar-refractivity contribution in [3.8, 4) is 62.5 Å². The van der Waals surface area contributed by atoms with E-state index in [2.05, 4.69) is 85.8 Å². The Kier molecular flexibility index (Phi) is 6.66. The van der Waals surface area contributed by atoms with E-state index in [1.807, 2.05) is 42.5 Å². The van der Waals surface area contributed by atoms with Gasteiger partial charge in [-0.05, 0) is 113 Å². The van der Waals surface area contributed by atoms with Crippen LogP contribution in [0.15, 0.2) is 127 Å². The van der Waals surface area contributed by atoms with Crippen LogP contribution in [0.25, 0.3) is 56.4 Å². The van der Waals surface area contributed by atoms with Gasteiger partial charge in [0, 0.05) is 16.7 Å². The Balaban J connectivity index is 1.14. The highest BCUT2D eigenvalue weighted by atomic mass is 15.0. The number of nitrogens with zero attached hydrogens (tertiary/aromatic N) is 4. The summed E-state index contributed by atoms with van der Waals surface area (Å²) in [5, 5.41) is 9.34. The fourth-order valence-corrected chi connectivity index (χ4v) is 9.43. The maximum absolute atomic E-state index is 9.34. The molecule has 1 heterocycles. The van der Waals surface area contributed by atoms with Crippen molar-refractivity contribution < 1.29 is 0 Å². The van der Waals surface area contributed by atoms with Crippen molar-refractivity contribution in [3.05, 3.63) is 139 Å². The van der Waals surface area contributed by atoms with Crippen LogP contribution in [0.5, 0.6) is 0 Å². The first-order valence-electron chi connectivity index (χ1n) is 17.1. The first-order valence-corrected chi connectivity index (χ1v) is 17.1. The monoisotopic (exact) mass is 620 g/mol. The molecule has 0 N–H and O–H groups in total. The van der Waals surface area contributed by atoms with E-state index in [4.69, 9.17) is 15.0 Å². The first-order chi connectivity index (χ1) is 23.5. The molecule has 0 saturated heterocycles. The molecule has 2 unspecified atom stereocenters. The number of fused-ring (bicyclic) bond motifs is 1. The van der Waals surface area contributed by atoms with Crippen LogP contribution in [0.2, 0.25) is 0 Å². The Bertz CT molecular complexity index is 2170. The molecule has 1 aromatic heterocycles. The number of rotatable bonds is 6. The molecular weight excluding hydrogens is 585 g/mol. The maximum atomic E-state index is 9.34. The molecule has 0 spiro atoms. The van der Waals surface area contributed by atoms with Crippen molar-refractivity contribution in [3.63, 3.8) is 0 Å². The van der Waals surface area contributed by atoms with Gasteiger partial charge in [0.15, 0.2) is 17.5 Å². The quantitative estimate of drug-likeness (QED) is 0.186. The standard InChI is InChI=1S/C44H36N4/c1-43-28-44(25-36(43)21-22-37(43)26-44)35-19-16-31(17-20-35)38-23-18-34(24-39(38)30-8-4-2-5-9-30)42-47-40(32-10-6-3-7-11-32)46-41(48-42)33-14-12-29(27-45)13-15-33/h2-20,23-24,36-37H,21-22,25-26,28H2,1H3/t36-,37+,43?,44?. The summed E-state index contributed by atoms with van der Waals surface area (Å²) in [6, 6.07) is 46.4. The minimum Gasteiger partial charge on any atom is -0.208 e. The topological polar surface area (TPSA) is 62.5 Å². The normalized spacial score (nSPS) is 23.7. The highest BCUT2D eigenvalue weighted by Crippen LogP contribution is 2.72. The summed E-state index contributed by atoms with van der Waals surface area (Å²) in [6.45, 7) is 2.58. The van der Waals surface area contributed by atoms with Gasteiger partial charge in [-0.1, -0.05) is 104 Å². The summed E-state index contributed by atoms with van der Waals surface area (Å²) in [5.41, 5.74) is 10.5. The second kappa shape index (κ2) is 11.1. The number of hydrogen-bond acceptors (Lipinski definition) is 4. The molecule has 2 bridgehead atoms. The lowest BCUT2D eigenvalue weighted by atomic mass is 9.72. The van der Waals surface area contributed by atoms with E-state index in [1.54, 1.807) is 12.1 Å². The average Bonchev–Trinajstić information content (AvgIpc) is 3.66. The summed E-state index contributed by atoms with van der Waals surface area (Å²) in [5.74, 6) is 3.61. The SMILES string of the molecule is CC12CC3(c4ccc(-c5ccc(-c6nc(-c7ccccc7)nc(-c7ccc(C#N)cc7)n6)cc5-c5ccccc5)cc4)C[C@H]1CC[C@H]2C3. The second-order valence-electron chi connectivity index (χ2n) is 14.4. The zero-order valence-electron chi connectivity index (χ0n) is 27.1. The van der Waals surface area contributed by atoms with Crippen molar-refractivity contribution in [1.29, 1.82) is 5.26 Å². The molecule has 4 nitrogen and oxygen atoms in total. The van der Waals surface area contributed by atoms with Crippen LogP contribution in [0.3, 0.4) is 0 Å². The molecule has 232 valence electrons. The highest BCUT2D eigenvalue weighted by molar-refractivity contribution is 5.86. The minimum absolute atomic E-state index is 0.368. The van der Waals surface area contributed by atoms with Crippen molar-refractivity contribution >= 4 is 0 Å². The number of nitriles is 1. The van der Waals surface area contributed by atoms with Crippen LogP contribution >= 0.6 is 0 Å². The maximum Gasteiger partial charge on any atom is 0.164 e. The van der Waals surface area contributed by atoms with Crippen LogP contribution < -0.4 is 0 Å². The third kappa shape index (κ3) is 4.68. The summed E-state index contributed by atoms with van der Waals surface area (Å²) in [4.78, 5) is 14.9. The molecule has 3 fully saturated rings. The van der Waals surface area contributed by atoms with Gasteiger partial charge in [-0.15, -0.1) is 0 Å². The van der Waals surface area contributed by atoms with Crippen LogP contribution in [-0.4, -0.2) is 15.0 Å². The third-order valence-electron chi connectivity index (χ3n) is 11.8. The van der Waals surface area contributed by atoms with Crippen molar-refractivity contribution in [2.75, 3.05) is 0 Å². The van der Waals surface area contributed by atoms with Gasteiger partial charge < -0.3 is 0 Å². The van der Waals surface area contributed by atoms with Crippen LogP contribution in [0, 0.1) is 28.6 Å². The Hall–Kier alpha value is -5.40. The molecule has 6 aromatic rings. The fourth-order valence-electron chi connectivity index (χ4n) is 9.43. The van der Waals surface area contributed by atoms with E-state index in [1.165, 1.54) is 48.8 Å². The van der Waals surface area contributed by atoms with Gasteiger partial charge in [0.1, 0.15) is 0 Å². The largest absolute Gasteiger partial charge is 0.208 e. The lowest BCUT2D eigenvalue weighted by Gasteiger charge is -2.33. The molecule has 5 aromatic carbocycles. The van der Waals surface area contributed by atoms with Crippen LogP contribution in [0.4, 0.5) is 0 Å². The highest BCUT2D eigenvalue weighted by Gasteiger charge is 2.65.